The maximum atomic E-state index is 11.9. The van der Waals surface area contributed by atoms with E-state index in [0.29, 0.717) is 11.4 Å². The van der Waals surface area contributed by atoms with Crippen LogP contribution >= 0.6 is 11.8 Å². The van der Waals surface area contributed by atoms with Gasteiger partial charge in [0, 0.05) is 5.69 Å². The first kappa shape index (κ1) is 14.4. The summed E-state index contributed by atoms with van der Waals surface area (Å²) in [7, 11) is 0. The molecule has 1 aromatic heterocycles. The number of anilines is 2. The molecular weight excluding hydrogens is 270 g/mol. The fraction of sp³-hybridized carbons (Fsp3) is 0.200. The molecule has 0 spiro atoms. The van der Waals surface area contributed by atoms with Gasteiger partial charge in [-0.2, -0.15) is 0 Å². The van der Waals surface area contributed by atoms with Crippen LogP contribution in [0.4, 0.5) is 11.4 Å². The largest absolute Gasteiger partial charge is 0.397 e. The fourth-order valence-electron chi connectivity index (χ4n) is 1.67. The summed E-state index contributed by atoms with van der Waals surface area (Å²) in [4.78, 5) is 16.1. The van der Waals surface area contributed by atoms with Crippen molar-refractivity contribution in [2.24, 2.45) is 0 Å². The van der Waals surface area contributed by atoms with E-state index in [1.165, 1.54) is 11.8 Å². The van der Waals surface area contributed by atoms with Crippen LogP contribution in [0.5, 0.6) is 0 Å². The van der Waals surface area contributed by atoms with Crippen molar-refractivity contribution in [1.29, 1.82) is 0 Å². The van der Waals surface area contributed by atoms with Gasteiger partial charge in [0.1, 0.15) is 0 Å². The summed E-state index contributed by atoms with van der Waals surface area (Å²) in [5.74, 6) is 0.284. The Hall–Kier alpha value is -2.01. The molecule has 0 saturated carbocycles. The Morgan fingerprint density at radius 1 is 1.30 bits per heavy atom. The fourth-order valence-corrected chi connectivity index (χ4v) is 2.32. The Morgan fingerprint density at radius 2 is 2.10 bits per heavy atom. The summed E-state index contributed by atoms with van der Waals surface area (Å²) >= 11 is 1.39. The molecule has 20 heavy (non-hydrogen) atoms. The normalized spacial score (nSPS) is 10.3. The molecule has 4 nitrogen and oxygen atoms in total. The molecule has 104 valence electrons. The highest BCUT2D eigenvalue weighted by Crippen LogP contribution is 2.19. The highest BCUT2D eigenvalue weighted by molar-refractivity contribution is 7.99. The average Bonchev–Trinajstić information content (AvgIpc) is 2.42. The van der Waals surface area contributed by atoms with Gasteiger partial charge < -0.3 is 11.1 Å². The number of hydrogen-bond acceptors (Lipinski definition) is 4. The molecule has 0 radical (unpaired) electrons. The van der Waals surface area contributed by atoms with Crippen molar-refractivity contribution in [2.45, 2.75) is 18.9 Å². The van der Waals surface area contributed by atoms with Gasteiger partial charge in [-0.05, 0) is 43.2 Å². The number of benzene rings is 1. The maximum Gasteiger partial charge on any atom is 0.234 e. The highest BCUT2D eigenvalue weighted by Gasteiger charge is 2.06. The molecule has 0 unspecified atom stereocenters. The standard InChI is InChI=1S/C15H17N3OS/c1-10-3-4-11(2)13(7-10)18-14(19)9-20-15-6-5-12(16)8-17-15/h3-8H,9,16H2,1-2H3,(H,18,19). The summed E-state index contributed by atoms with van der Waals surface area (Å²) in [5.41, 5.74) is 9.23. The van der Waals surface area contributed by atoms with Crippen LogP contribution in [0.2, 0.25) is 0 Å². The van der Waals surface area contributed by atoms with E-state index >= 15 is 0 Å². The van der Waals surface area contributed by atoms with E-state index in [0.717, 1.165) is 21.8 Å². The van der Waals surface area contributed by atoms with E-state index in [-0.39, 0.29) is 5.91 Å². The van der Waals surface area contributed by atoms with Crippen molar-refractivity contribution in [3.63, 3.8) is 0 Å². The predicted molar refractivity (Wildman–Crippen MR) is 83.9 cm³/mol. The number of aryl methyl sites for hydroxylation is 2. The second-order valence-electron chi connectivity index (χ2n) is 4.58. The van der Waals surface area contributed by atoms with Crippen LogP contribution in [0.15, 0.2) is 41.6 Å². The van der Waals surface area contributed by atoms with E-state index in [9.17, 15) is 4.79 Å². The number of nitrogens with zero attached hydrogens (tertiary/aromatic N) is 1. The van der Waals surface area contributed by atoms with Crippen LogP contribution in [-0.4, -0.2) is 16.6 Å². The quantitative estimate of drug-likeness (QED) is 0.848. The number of hydrogen-bond donors (Lipinski definition) is 2. The predicted octanol–water partition coefficient (Wildman–Crippen LogP) is 3.01. The number of rotatable bonds is 4. The highest BCUT2D eigenvalue weighted by atomic mass is 32.2. The maximum absolute atomic E-state index is 11.9. The van der Waals surface area contributed by atoms with E-state index in [1.54, 1.807) is 12.3 Å². The second kappa shape index (κ2) is 6.43. The van der Waals surface area contributed by atoms with Gasteiger partial charge in [-0.1, -0.05) is 23.9 Å². The monoisotopic (exact) mass is 287 g/mol. The van der Waals surface area contributed by atoms with Gasteiger partial charge in [-0.15, -0.1) is 0 Å². The van der Waals surface area contributed by atoms with Crippen LogP contribution in [0.3, 0.4) is 0 Å². The number of carbonyl (C=O) groups is 1. The molecule has 5 heteroatoms. The Kier molecular flexibility index (Phi) is 4.63. The molecule has 0 bridgehead atoms. The van der Waals surface area contributed by atoms with Crippen molar-refractivity contribution in [3.8, 4) is 0 Å². The molecule has 1 amide bonds. The van der Waals surface area contributed by atoms with Gasteiger partial charge in [-0.3, -0.25) is 4.79 Å². The lowest BCUT2D eigenvalue weighted by molar-refractivity contribution is -0.113. The zero-order valence-corrected chi connectivity index (χ0v) is 12.3. The van der Waals surface area contributed by atoms with Crippen molar-refractivity contribution >= 4 is 29.0 Å². The number of pyridine rings is 1. The number of nitrogens with two attached hydrogens (primary N) is 1. The van der Waals surface area contributed by atoms with Crippen LogP contribution in [0.25, 0.3) is 0 Å². The van der Waals surface area contributed by atoms with Crippen molar-refractivity contribution in [2.75, 3.05) is 16.8 Å². The van der Waals surface area contributed by atoms with E-state index in [2.05, 4.69) is 10.3 Å². The number of aromatic nitrogens is 1. The van der Waals surface area contributed by atoms with Crippen molar-refractivity contribution in [3.05, 3.63) is 47.7 Å². The van der Waals surface area contributed by atoms with Crippen LogP contribution in [0.1, 0.15) is 11.1 Å². The number of thioether (sulfide) groups is 1. The summed E-state index contributed by atoms with van der Waals surface area (Å²) in [6.07, 6.45) is 1.59. The molecule has 0 aliphatic heterocycles. The molecule has 0 aliphatic carbocycles. The molecule has 3 N–H and O–H groups in total. The zero-order valence-electron chi connectivity index (χ0n) is 11.5. The smallest absolute Gasteiger partial charge is 0.234 e. The minimum atomic E-state index is -0.0395. The van der Waals surface area contributed by atoms with Gasteiger partial charge >= 0.3 is 0 Å². The SMILES string of the molecule is Cc1ccc(C)c(NC(=O)CSc2ccc(N)cn2)c1. The molecule has 0 atom stereocenters. The third-order valence-corrected chi connectivity index (χ3v) is 3.72. The number of carbonyl (C=O) groups excluding carboxylic acids is 1. The zero-order chi connectivity index (χ0) is 14.5. The van der Waals surface area contributed by atoms with Gasteiger partial charge in [-0.25, -0.2) is 4.98 Å². The van der Waals surface area contributed by atoms with Crippen LogP contribution in [-0.2, 0) is 4.79 Å². The Labute approximate surface area is 122 Å². The average molecular weight is 287 g/mol. The van der Waals surface area contributed by atoms with Gasteiger partial charge in [0.05, 0.1) is 22.7 Å². The lowest BCUT2D eigenvalue weighted by Crippen LogP contribution is -2.15. The van der Waals surface area contributed by atoms with Gasteiger partial charge in [0.25, 0.3) is 0 Å². The Morgan fingerprint density at radius 3 is 2.80 bits per heavy atom. The molecule has 2 rings (SSSR count). The summed E-state index contributed by atoms with van der Waals surface area (Å²) in [6, 6.07) is 9.58. The lowest BCUT2D eigenvalue weighted by Gasteiger charge is -2.09. The van der Waals surface area contributed by atoms with Crippen molar-refractivity contribution < 1.29 is 4.79 Å². The first-order chi connectivity index (χ1) is 9.54. The molecule has 1 heterocycles. The minimum Gasteiger partial charge on any atom is -0.397 e. The first-order valence-electron chi connectivity index (χ1n) is 6.26. The Bertz CT molecular complexity index is 611. The third kappa shape index (κ3) is 3.99. The van der Waals surface area contributed by atoms with E-state index in [4.69, 9.17) is 5.73 Å². The first-order valence-corrected chi connectivity index (χ1v) is 7.24. The minimum absolute atomic E-state index is 0.0395. The van der Waals surface area contributed by atoms with Gasteiger partial charge in [0.15, 0.2) is 0 Å². The summed E-state index contributed by atoms with van der Waals surface area (Å²) < 4.78 is 0. The van der Waals surface area contributed by atoms with Crippen molar-refractivity contribution in [1.82, 2.24) is 4.98 Å². The molecule has 0 aliphatic rings. The molecule has 2 aromatic rings. The van der Waals surface area contributed by atoms with Crippen LogP contribution < -0.4 is 11.1 Å². The summed E-state index contributed by atoms with van der Waals surface area (Å²) in [6.45, 7) is 3.98. The topological polar surface area (TPSA) is 68.0 Å². The van der Waals surface area contributed by atoms with Gasteiger partial charge in [0.2, 0.25) is 5.91 Å². The number of nitrogen functional groups attached to an aromatic ring is 1. The van der Waals surface area contributed by atoms with E-state index < -0.39 is 0 Å². The van der Waals surface area contributed by atoms with Crippen LogP contribution in [0, 0.1) is 13.8 Å². The molecule has 0 saturated heterocycles. The second-order valence-corrected chi connectivity index (χ2v) is 5.58. The van der Waals surface area contributed by atoms with E-state index in [1.807, 2.05) is 38.1 Å². The molecular formula is C15H17N3OS. The molecule has 1 aromatic carbocycles. The lowest BCUT2D eigenvalue weighted by atomic mass is 10.1. The number of nitrogens with one attached hydrogen (secondary N) is 1. The molecule has 0 fully saturated rings. The third-order valence-electron chi connectivity index (χ3n) is 2.78. The summed E-state index contributed by atoms with van der Waals surface area (Å²) in [5, 5.41) is 3.71. The Balaban J connectivity index is 1.92. The number of amides is 1.